The molecule has 0 bridgehead atoms. The van der Waals surface area contributed by atoms with Crippen LogP contribution >= 0.6 is 15.9 Å². The Kier molecular flexibility index (Phi) is 3.51. The van der Waals surface area contributed by atoms with Gasteiger partial charge in [0.15, 0.2) is 6.29 Å². The molecule has 14 heavy (non-hydrogen) atoms. The Morgan fingerprint density at radius 2 is 2.21 bits per heavy atom. The van der Waals surface area contributed by atoms with E-state index in [1.54, 1.807) is 0 Å². The Hall–Kier alpha value is -1.04. The van der Waals surface area contributed by atoms with Crippen molar-refractivity contribution in [1.82, 2.24) is 4.98 Å². The number of carbonyl (C=O) groups excluding carboxylic acids is 1. The number of rotatable bonds is 3. The van der Waals surface area contributed by atoms with E-state index < -0.39 is 17.5 Å². The third kappa shape index (κ3) is 2.06. The van der Waals surface area contributed by atoms with E-state index >= 15 is 0 Å². The van der Waals surface area contributed by atoms with Crippen molar-refractivity contribution in [2.45, 2.75) is 11.8 Å². The molecule has 6 heteroatoms. The Bertz CT molecular complexity index is 403. The molecule has 0 atom stereocenters. The Morgan fingerprint density at radius 3 is 2.64 bits per heavy atom. The maximum atomic E-state index is 12.2. The van der Waals surface area contributed by atoms with Gasteiger partial charge >= 0.3 is 0 Å². The molecule has 0 unspecified atom stereocenters. The first-order chi connectivity index (χ1) is 6.60. The number of hydrogen-bond donors (Lipinski definition) is 1. The average Bonchev–Trinajstić information content (AvgIpc) is 2.16. The Balaban J connectivity index is 3.38. The summed E-state index contributed by atoms with van der Waals surface area (Å²) in [6, 6.07) is 0.910. The van der Waals surface area contributed by atoms with Crippen LogP contribution < -0.4 is 5.56 Å². The van der Waals surface area contributed by atoms with Gasteiger partial charge in [0.25, 0.3) is 12.0 Å². The number of nitrogens with one attached hydrogen (secondary N) is 1. The van der Waals surface area contributed by atoms with Crippen LogP contribution in [0.15, 0.2) is 10.9 Å². The van der Waals surface area contributed by atoms with Gasteiger partial charge in [0.2, 0.25) is 0 Å². The summed E-state index contributed by atoms with van der Waals surface area (Å²) in [5.74, 6) is 0. The highest BCUT2D eigenvalue weighted by atomic mass is 79.9. The van der Waals surface area contributed by atoms with Crippen LogP contribution in [0.5, 0.6) is 0 Å². The molecular weight excluding hydrogens is 260 g/mol. The van der Waals surface area contributed by atoms with Crippen LogP contribution in [0, 0.1) is 0 Å². The fraction of sp³-hybridized carbons (Fsp3) is 0.250. The minimum atomic E-state index is -2.87. The van der Waals surface area contributed by atoms with Gasteiger partial charge in [0, 0.05) is 16.6 Å². The van der Waals surface area contributed by atoms with E-state index in [1.807, 2.05) is 0 Å². The van der Waals surface area contributed by atoms with Gasteiger partial charge in [-0.15, -0.1) is 0 Å². The van der Waals surface area contributed by atoms with Crippen molar-refractivity contribution >= 4 is 22.2 Å². The molecule has 0 aliphatic carbocycles. The molecule has 0 saturated carbocycles. The zero-order chi connectivity index (χ0) is 10.7. The van der Waals surface area contributed by atoms with Gasteiger partial charge < -0.3 is 4.98 Å². The van der Waals surface area contributed by atoms with Gasteiger partial charge in [-0.25, -0.2) is 8.78 Å². The second-order valence-electron chi connectivity index (χ2n) is 2.54. The molecule has 1 aromatic heterocycles. The summed E-state index contributed by atoms with van der Waals surface area (Å²) in [5, 5.41) is 0.236. The van der Waals surface area contributed by atoms with Crippen LogP contribution in [-0.2, 0) is 5.33 Å². The van der Waals surface area contributed by atoms with Gasteiger partial charge in [-0.05, 0) is 6.07 Å². The summed E-state index contributed by atoms with van der Waals surface area (Å²) < 4.78 is 24.5. The van der Waals surface area contributed by atoms with Crippen LogP contribution in [-0.4, -0.2) is 11.3 Å². The van der Waals surface area contributed by atoms with Crippen molar-refractivity contribution < 1.29 is 13.6 Å². The summed E-state index contributed by atoms with van der Waals surface area (Å²) in [6.45, 7) is 0. The van der Waals surface area contributed by atoms with Gasteiger partial charge in [-0.1, -0.05) is 15.9 Å². The molecule has 1 aromatic rings. The lowest BCUT2D eigenvalue weighted by molar-refractivity contribution is 0.112. The molecule has 0 aliphatic heterocycles. The third-order valence-corrected chi connectivity index (χ3v) is 2.24. The number of hydrogen-bond acceptors (Lipinski definition) is 2. The van der Waals surface area contributed by atoms with Crippen molar-refractivity contribution in [3.8, 4) is 0 Å². The van der Waals surface area contributed by atoms with E-state index in [-0.39, 0.29) is 10.9 Å². The number of halogens is 3. The molecule has 0 radical (unpaired) electrons. The maximum absolute atomic E-state index is 12.2. The zero-order valence-corrected chi connectivity index (χ0v) is 8.48. The second kappa shape index (κ2) is 4.45. The van der Waals surface area contributed by atoms with E-state index in [0.29, 0.717) is 12.0 Å². The fourth-order valence-corrected chi connectivity index (χ4v) is 1.44. The van der Waals surface area contributed by atoms with Gasteiger partial charge in [-0.2, -0.15) is 0 Å². The molecule has 1 rings (SSSR count). The number of aldehydes is 1. The number of aromatic nitrogens is 1. The topological polar surface area (TPSA) is 49.9 Å². The normalized spacial score (nSPS) is 10.6. The summed E-state index contributed by atoms with van der Waals surface area (Å²) in [4.78, 5) is 23.7. The molecule has 0 saturated heterocycles. The van der Waals surface area contributed by atoms with Crippen LogP contribution in [0.4, 0.5) is 8.78 Å². The van der Waals surface area contributed by atoms with E-state index in [1.165, 1.54) is 0 Å². The first-order valence-corrected chi connectivity index (χ1v) is 4.77. The number of H-pyrrole nitrogens is 1. The van der Waals surface area contributed by atoms with E-state index in [9.17, 15) is 18.4 Å². The Morgan fingerprint density at radius 1 is 1.57 bits per heavy atom. The standard InChI is InChI=1S/C8H6BrF2NO2/c9-2-6-4(3-13)1-5(7(10)11)8(14)12-6/h1,3,7H,2H2,(H,12,14). The van der Waals surface area contributed by atoms with Crippen molar-refractivity contribution in [1.29, 1.82) is 0 Å². The predicted molar refractivity (Wildman–Crippen MR) is 50.0 cm³/mol. The van der Waals surface area contributed by atoms with Crippen molar-refractivity contribution in [2.75, 3.05) is 0 Å². The highest BCUT2D eigenvalue weighted by Crippen LogP contribution is 2.16. The van der Waals surface area contributed by atoms with Crippen LogP contribution in [0.3, 0.4) is 0 Å². The first kappa shape index (κ1) is 11.0. The molecule has 0 spiro atoms. The molecule has 1 heterocycles. The molecule has 0 aliphatic rings. The third-order valence-electron chi connectivity index (χ3n) is 1.68. The molecule has 3 nitrogen and oxygen atoms in total. The zero-order valence-electron chi connectivity index (χ0n) is 6.89. The second-order valence-corrected chi connectivity index (χ2v) is 3.10. The average molecular weight is 266 g/mol. The van der Waals surface area contributed by atoms with Crippen LogP contribution in [0.1, 0.15) is 28.0 Å². The molecule has 1 N–H and O–H groups in total. The minimum Gasteiger partial charge on any atom is -0.324 e. The quantitative estimate of drug-likeness (QED) is 0.672. The SMILES string of the molecule is O=Cc1cc(C(F)F)c(=O)[nH]c1CBr. The lowest BCUT2D eigenvalue weighted by Gasteiger charge is -2.03. The van der Waals surface area contributed by atoms with Crippen LogP contribution in [0.25, 0.3) is 0 Å². The minimum absolute atomic E-state index is 0.0665. The molecule has 0 aromatic carbocycles. The lowest BCUT2D eigenvalue weighted by Crippen LogP contribution is -2.16. The smallest absolute Gasteiger partial charge is 0.269 e. The largest absolute Gasteiger partial charge is 0.324 e. The van der Waals surface area contributed by atoms with Crippen LogP contribution in [0.2, 0.25) is 0 Å². The van der Waals surface area contributed by atoms with Crippen molar-refractivity contribution in [3.63, 3.8) is 0 Å². The number of pyridine rings is 1. The molecule has 0 amide bonds. The molecule has 76 valence electrons. The van der Waals surface area contributed by atoms with E-state index in [2.05, 4.69) is 20.9 Å². The monoisotopic (exact) mass is 265 g/mol. The summed E-state index contributed by atoms with van der Waals surface area (Å²) in [6.07, 6.45) is -2.44. The van der Waals surface area contributed by atoms with Gasteiger partial charge in [0.1, 0.15) is 0 Å². The lowest BCUT2D eigenvalue weighted by atomic mass is 10.1. The summed E-state index contributed by atoms with van der Waals surface area (Å²) >= 11 is 3.03. The number of carbonyl (C=O) groups is 1. The maximum Gasteiger partial charge on any atom is 0.269 e. The van der Waals surface area contributed by atoms with E-state index in [0.717, 1.165) is 6.07 Å². The Labute approximate surface area is 86.3 Å². The van der Waals surface area contributed by atoms with Gasteiger partial charge in [0.05, 0.1) is 5.56 Å². The summed E-state index contributed by atoms with van der Waals surface area (Å²) in [7, 11) is 0. The molecular formula is C8H6BrF2NO2. The first-order valence-electron chi connectivity index (χ1n) is 3.65. The van der Waals surface area contributed by atoms with Crippen molar-refractivity contribution in [2.24, 2.45) is 0 Å². The van der Waals surface area contributed by atoms with Crippen molar-refractivity contribution in [3.05, 3.63) is 33.2 Å². The highest BCUT2D eigenvalue weighted by molar-refractivity contribution is 9.08. The fourth-order valence-electron chi connectivity index (χ4n) is 0.979. The highest BCUT2D eigenvalue weighted by Gasteiger charge is 2.14. The molecule has 0 fully saturated rings. The number of aromatic amines is 1. The number of alkyl halides is 3. The van der Waals surface area contributed by atoms with Gasteiger partial charge in [-0.3, -0.25) is 9.59 Å². The van der Waals surface area contributed by atoms with E-state index in [4.69, 9.17) is 0 Å². The predicted octanol–water partition coefficient (Wildman–Crippen LogP) is 2.02. The summed E-state index contributed by atoms with van der Waals surface area (Å²) in [5.41, 5.74) is -1.18.